The third-order valence-electron chi connectivity index (χ3n) is 4.07. The standard InChI is InChI=1S/C22H19ClN2O4/c1-28-20-11-5-8-16(21(20)29-14-17-6-2-3-10-19(17)23)13-24-25-18-9-4-7-15(12-18)22(26)27/h2-13,25H,14H2,1H3,(H,26,27). The van der Waals surface area contributed by atoms with Gasteiger partial charge in [0.15, 0.2) is 11.5 Å². The SMILES string of the molecule is COc1cccc(C=NNc2cccc(C(=O)O)c2)c1OCc1ccccc1Cl. The van der Waals surface area contributed by atoms with Crippen molar-refractivity contribution in [3.8, 4) is 11.5 Å². The van der Waals surface area contributed by atoms with E-state index < -0.39 is 5.97 Å². The van der Waals surface area contributed by atoms with Crippen molar-refractivity contribution in [2.24, 2.45) is 5.10 Å². The Bertz CT molecular complexity index is 1040. The van der Waals surface area contributed by atoms with Crippen LogP contribution in [0, 0.1) is 0 Å². The zero-order valence-electron chi connectivity index (χ0n) is 15.6. The lowest BCUT2D eigenvalue weighted by Gasteiger charge is -2.14. The summed E-state index contributed by atoms with van der Waals surface area (Å²) in [4.78, 5) is 11.1. The number of carbonyl (C=O) groups is 1. The number of anilines is 1. The zero-order valence-corrected chi connectivity index (χ0v) is 16.4. The maximum atomic E-state index is 11.1. The second kappa shape index (κ2) is 9.61. The summed E-state index contributed by atoms with van der Waals surface area (Å²) in [7, 11) is 1.56. The highest BCUT2D eigenvalue weighted by Crippen LogP contribution is 2.31. The summed E-state index contributed by atoms with van der Waals surface area (Å²) >= 11 is 6.20. The molecule has 0 unspecified atom stereocenters. The van der Waals surface area contributed by atoms with Gasteiger partial charge in [0.1, 0.15) is 6.61 Å². The van der Waals surface area contributed by atoms with E-state index in [0.29, 0.717) is 27.8 Å². The van der Waals surface area contributed by atoms with Crippen molar-refractivity contribution in [3.63, 3.8) is 0 Å². The molecule has 7 heteroatoms. The summed E-state index contributed by atoms with van der Waals surface area (Å²) in [6.45, 7) is 0.273. The molecule has 2 N–H and O–H groups in total. The Balaban J connectivity index is 1.78. The Morgan fingerprint density at radius 2 is 1.93 bits per heavy atom. The van der Waals surface area contributed by atoms with E-state index >= 15 is 0 Å². The Hall–Kier alpha value is -3.51. The highest BCUT2D eigenvalue weighted by molar-refractivity contribution is 6.31. The molecule has 0 radical (unpaired) electrons. The number of methoxy groups -OCH3 is 1. The van der Waals surface area contributed by atoms with Gasteiger partial charge >= 0.3 is 5.97 Å². The third kappa shape index (κ3) is 5.27. The van der Waals surface area contributed by atoms with Gasteiger partial charge in [0.05, 0.1) is 24.6 Å². The van der Waals surface area contributed by atoms with Crippen LogP contribution in [-0.2, 0) is 6.61 Å². The number of carboxylic acids is 1. The van der Waals surface area contributed by atoms with Crippen LogP contribution in [0.5, 0.6) is 11.5 Å². The first-order chi connectivity index (χ1) is 14.1. The van der Waals surface area contributed by atoms with E-state index in [2.05, 4.69) is 10.5 Å². The molecular weight excluding hydrogens is 392 g/mol. The molecule has 0 bridgehead atoms. The second-order valence-corrected chi connectivity index (χ2v) is 6.42. The van der Waals surface area contributed by atoms with E-state index in [0.717, 1.165) is 5.56 Å². The molecule has 3 aromatic carbocycles. The molecule has 0 atom stereocenters. The monoisotopic (exact) mass is 410 g/mol. The molecule has 0 aromatic heterocycles. The molecule has 0 fully saturated rings. The molecule has 0 aliphatic carbocycles. The maximum Gasteiger partial charge on any atom is 0.335 e. The molecule has 0 amide bonds. The van der Waals surface area contributed by atoms with Crippen molar-refractivity contribution < 1.29 is 19.4 Å². The maximum absolute atomic E-state index is 11.1. The molecule has 29 heavy (non-hydrogen) atoms. The normalized spacial score (nSPS) is 10.7. The zero-order chi connectivity index (χ0) is 20.6. The van der Waals surface area contributed by atoms with Gasteiger partial charge < -0.3 is 14.6 Å². The van der Waals surface area contributed by atoms with Gasteiger partial charge in [0.2, 0.25) is 0 Å². The third-order valence-corrected chi connectivity index (χ3v) is 4.43. The van der Waals surface area contributed by atoms with Gasteiger partial charge in [-0.1, -0.05) is 41.9 Å². The van der Waals surface area contributed by atoms with Crippen LogP contribution < -0.4 is 14.9 Å². The van der Waals surface area contributed by atoms with Crippen LogP contribution in [0.3, 0.4) is 0 Å². The minimum atomic E-state index is -0.999. The minimum absolute atomic E-state index is 0.176. The van der Waals surface area contributed by atoms with E-state index in [1.165, 1.54) is 12.1 Å². The van der Waals surface area contributed by atoms with Gasteiger partial charge in [-0.3, -0.25) is 5.43 Å². The second-order valence-electron chi connectivity index (χ2n) is 6.01. The predicted octanol–water partition coefficient (Wildman–Crippen LogP) is 5.07. The highest BCUT2D eigenvalue weighted by Gasteiger charge is 2.11. The molecule has 148 valence electrons. The Kier molecular flexibility index (Phi) is 6.71. The van der Waals surface area contributed by atoms with Crippen LogP contribution in [0.15, 0.2) is 71.8 Å². The molecule has 0 aliphatic heterocycles. The van der Waals surface area contributed by atoms with E-state index in [9.17, 15) is 4.79 Å². The van der Waals surface area contributed by atoms with Gasteiger partial charge in [0, 0.05) is 16.1 Å². The molecular formula is C22H19ClN2O4. The summed E-state index contributed by atoms with van der Waals surface area (Å²) in [6.07, 6.45) is 1.58. The Labute approximate surface area is 173 Å². The summed E-state index contributed by atoms with van der Waals surface area (Å²) < 4.78 is 11.4. The van der Waals surface area contributed by atoms with Crippen LogP contribution in [0.2, 0.25) is 5.02 Å². The Morgan fingerprint density at radius 1 is 1.14 bits per heavy atom. The van der Waals surface area contributed by atoms with Crippen molar-refractivity contribution in [2.45, 2.75) is 6.61 Å². The average molecular weight is 411 g/mol. The lowest BCUT2D eigenvalue weighted by Crippen LogP contribution is -2.02. The number of hydrazone groups is 1. The molecule has 3 rings (SSSR count). The van der Waals surface area contributed by atoms with Crippen molar-refractivity contribution in [2.75, 3.05) is 12.5 Å². The van der Waals surface area contributed by atoms with Crippen LogP contribution in [0.25, 0.3) is 0 Å². The van der Waals surface area contributed by atoms with Gasteiger partial charge in [-0.2, -0.15) is 5.10 Å². The van der Waals surface area contributed by atoms with E-state index in [1.807, 2.05) is 30.3 Å². The lowest BCUT2D eigenvalue weighted by molar-refractivity contribution is 0.0697. The molecule has 0 spiro atoms. The number of benzene rings is 3. The molecule has 0 aliphatic rings. The molecule has 0 saturated heterocycles. The number of hydrogen-bond acceptors (Lipinski definition) is 5. The van der Waals surface area contributed by atoms with Gasteiger partial charge in [-0.15, -0.1) is 0 Å². The number of aromatic carboxylic acids is 1. The predicted molar refractivity (Wildman–Crippen MR) is 113 cm³/mol. The van der Waals surface area contributed by atoms with E-state index in [4.69, 9.17) is 26.2 Å². The van der Waals surface area contributed by atoms with Crippen LogP contribution in [-0.4, -0.2) is 24.4 Å². The molecule has 6 nitrogen and oxygen atoms in total. The van der Waals surface area contributed by atoms with E-state index in [-0.39, 0.29) is 12.2 Å². The molecule has 3 aromatic rings. The first-order valence-electron chi connectivity index (χ1n) is 8.74. The van der Waals surface area contributed by atoms with Gasteiger partial charge in [-0.25, -0.2) is 4.79 Å². The average Bonchev–Trinajstić information content (AvgIpc) is 2.73. The van der Waals surface area contributed by atoms with Gasteiger partial charge in [-0.05, 0) is 36.4 Å². The van der Waals surface area contributed by atoms with Crippen molar-refractivity contribution in [1.29, 1.82) is 0 Å². The Morgan fingerprint density at radius 3 is 2.69 bits per heavy atom. The summed E-state index contributed by atoms with van der Waals surface area (Å²) in [6, 6.07) is 19.3. The van der Waals surface area contributed by atoms with E-state index in [1.54, 1.807) is 37.6 Å². The van der Waals surface area contributed by atoms with Crippen LogP contribution in [0.4, 0.5) is 5.69 Å². The van der Waals surface area contributed by atoms with Crippen molar-refractivity contribution >= 4 is 29.5 Å². The number of halogens is 1. The number of nitrogens with zero attached hydrogens (tertiary/aromatic N) is 1. The largest absolute Gasteiger partial charge is 0.493 e. The molecule has 0 heterocycles. The fourth-order valence-corrected chi connectivity index (χ4v) is 2.80. The lowest BCUT2D eigenvalue weighted by atomic mass is 10.2. The molecule has 0 saturated carbocycles. The van der Waals surface area contributed by atoms with Crippen LogP contribution in [0.1, 0.15) is 21.5 Å². The van der Waals surface area contributed by atoms with Crippen LogP contribution >= 0.6 is 11.6 Å². The first kappa shape index (κ1) is 20.2. The van der Waals surface area contributed by atoms with Gasteiger partial charge in [0.25, 0.3) is 0 Å². The first-order valence-corrected chi connectivity index (χ1v) is 9.12. The fraction of sp³-hybridized carbons (Fsp3) is 0.0909. The summed E-state index contributed by atoms with van der Waals surface area (Å²) in [5.74, 6) is 0.0920. The quantitative estimate of drug-likeness (QED) is 0.400. The van der Waals surface area contributed by atoms with Crippen molar-refractivity contribution in [1.82, 2.24) is 0 Å². The number of para-hydroxylation sites is 1. The highest BCUT2D eigenvalue weighted by atomic mass is 35.5. The topological polar surface area (TPSA) is 80.2 Å². The van der Waals surface area contributed by atoms with Crippen molar-refractivity contribution in [3.05, 3.63) is 88.4 Å². The smallest absolute Gasteiger partial charge is 0.335 e. The number of nitrogens with one attached hydrogen (secondary N) is 1. The fourth-order valence-electron chi connectivity index (χ4n) is 2.61. The summed E-state index contributed by atoms with van der Waals surface area (Å²) in [5.41, 5.74) is 5.11. The number of rotatable bonds is 8. The number of carboxylic acid groups (broad SMARTS) is 1. The summed E-state index contributed by atoms with van der Waals surface area (Å²) in [5, 5.41) is 13.9. The minimum Gasteiger partial charge on any atom is -0.493 e. The number of ether oxygens (including phenoxy) is 2. The number of hydrogen-bond donors (Lipinski definition) is 2.